The molecule has 2 aromatic heterocycles. The summed E-state index contributed by atoms with van der Waals surface area (Å²) in [6.45, 7) is -1.33. The number of nitrogens with two attached hydrogens (primary N) is 2. The molecule has 17 nitrogen and oxygen atoms in total. The average molecular weight is 546 g/mol. The molecule has 34 heavy (non-hydrogen) atoms. The fraction of sp³-hybridized carbons (Fsp3) is 0.571. The number of nitrogen functional groups attached to an aromatic ring is 1. The number of aromatic nitrogens is 4. The van der Waals surface area contributed by atoms with Gasteiger partial charge in [0.15, 0.2) is 17.7 Å². The molecule has 0 aromatic carbocycles. The van der Waals surface area contributed by atoms with E-state index < -0.39 is 59.2 Å². The quantitative estimate of drug-likeness (QED) is 0.108. The predicted molar refractivity (Wildman–Crippen MR) is 114 cm³/mol. The molecule has 1 aliphatic rings. The van der Waals surface area contributed by atoms with Crippen LogP contribution in [-0.2, 0) is 32.0 Å². The lowest BCUT2D eigenvalue weighted by Crippen LogP contribution is -2.33. The third-order valence-corrected chi connectivity index (χ3v) is 7.43. The van der Waals surface area contributed by atoms with Gasteiger partial charge in [-0.2, -0.15) is 4.31 Å². The van der Waals surface area contributed by atoms with Crippen LogP contribution >= 0.6 is 27.2 Å². The van der Waals surface area contributed by atoms with Gasteiger partial charge in [0.25, 0.3) is 0 Å². The van der Waals surface area contributed by atoms with Crippen molar-refractivity contribution in [1.82, 2.24) is 24.8 Å². The number of carbonyl (C=O) groups excluding carboxylic acids is 1. The molecule has 0 saturated carbocycles. The van der Waals surface area contributed by atoms with E-state index in [1.807, 2.05) is 0 Å². The Labute approximate surface area is 196 Å². The Bertz CT molecular complexity index is 1120. The second-order valence-corrected chi connectivity index (χ2v) is 10.3. The lowest BCUT2D eigenvalue weighted by molar-refractivity contribution is -0.118. The molecule has 20 heteroatoms. The number of phosphoric acid groups is 1. The van der Waals surface area contributed by atoms with Gasteiger partial charge in [-0.15, -0.1) is 11.6 Å². The molecule has 6 atom stereocenters. The van der Waals surface area contributed by atoms with Gasteiger partial charge in [-0.05, 0) is 0 Å². The summed E-state index contributed by atoms with van der Waals surface area (Å²) in [6, 6.07) is 0. The number of imidazole rings is 1. The minimum atomic E-state index is -5.06. The Morgan fingerprint density at radius 2 is 2.00 bits per heavy atom. The number of aliphatic hydroxyl groups excluding tert-OH is 2. The monoisotopic (exact) mass is 545 g/mol. The number of phosphoric ester groups is 1. The van der Waals surface area contributed by atoms with Crippen molar-refractivity contribution in [1.29, 1.82) is 0 Å². The highest BCUT2D eigenvalue weighted by atomic mass is 35.5. The van der Waals surface area contributed by atoms with Gasteiger partial charge in [0.05, 0.1) is 19.5 Å². The zero-order chi connectivity index (χ0) is 25.1. The van der Waals surface area contributed by atoms with Crippen LogP contribution in [0.15, 0.2) is 12.7 Å². The number of fused-ring (bicyclic) bond motifs is 1. The minimum absolute atomic E-state index is 0.0879. The third kappa shape index (κ3) is 6.47. The van der Waals surface area contributed by atoms with Crippen molar-refractivity contribution in [2.24, 2.45) is 5.50 Å². The fourth-order valence-electron chi connectivity index (χ4n) is 2.92. The van der Waals surface area contributed by atoms with Crippen molar-refractivity contribution in [3.63, 3.8) is 0 Å². The Hall–Kier alpha value is -1.75. The zero-order valence-electron chi connectivity index (χ0n) is 17.2. The van der Waals surface area contributed by atoms with E-state index in [0.29, 0.717) is 0 Å². The van der Waals surface area contributed by atoms with Crippen LogP contribution in [0.2, 0.25) is 0 Å². The summed E-state index contributed by atoms with van der Waals surface area (Å²) in [7, 11) is -9.63. The van der Waals surface area contributed by atoms with Crippen LogP contribution in [-0.4, -0.2) is 84.5 Å². The van der Waals surface area contributed by atoms with Gasteiger partial charge >= 0.3 is 15.6 Å². The third-order valence-electron chi connectivity index (χ3n) is 4.43. The van der Waals surface area contributed by atoms with Crippen molar-refractivity contribution in [2.75, 3.05) is 31.4 Å². The standard InChI is InChI=1S/C14H22ClN7O10P2/c15-3-8(23)18-1-2-29-33(17,26)32-34(27,28)30-4-7-10(24)11(25)14(31-7)22-6-21-9-12(16)19-5-20-13(9)22/h5-7,10-11,14,24-25H,1-4H2,(H2,17,26)(H,18,23)(H,27,28)(H2,16,19,20)/t7-,10-,11-,14-,33?/m1/s1. The molecule has 1 aliphatic heterocycles. The summed E-state index contributed by atoms with van der Waals surface area (Å²) in [5.74, 6) is -0.741. The number of carbonyl (C=O) groups is 1. The molecule has 1 amide bonds. The van der Waals surface area contributed by atoms with Gasteiger partial charge in [-0.3, -0.25) is 18.4 Å². The summed E-state index contributed by atoms with van der Waals surface area (Å²) in [6.07, 6.45) is -3.15. The van der Waals surface area contributed by atoms with E-state index in [1.165, 1.54) is 17.2 Å². The predicted octanol–water partition coefficient (Wildman–Crippen LogP) is -1.40. The zero-order valence-corrected chi connectivity index (χ0v) is 19.8. The smallest absolute Gasteiger partial charge is 0.387 e. The maximum Gasteiger partial charge on any atom is 0.480 e. The number of alkyl halides is 1. The Balaban J connectivity index is 1.57. The topological polar surface area (TPSA) is 256 Å². The van der Waals surface area contributed by atoms with Crippen LogP contribution in [0.5, 0.6) is 0 Å². The van der Waals surface area contributed by atoms with E-state index in [-0.39, 0.29) is 29.4 Å². The van der Waals surface area contributed by atoms with Crippen LogP contribution < -0.4 is 16.6 Å². The molecule has 3 rings (SSSR count). The number of nitrogens with one attached hydrogen (secondary N) is 1. The van der Waals surface area contributed by atoms with Gasteiger partial charge in [-0.1, -0.05) is 0 Å². The van der Waals surface area contributed by atoms with Gasteiger partial charge in [0.2, 0.25) is 5.91 Å². The van der Waals surface area contributed by atoms with Crippen LogP contribution in [0.4, 0.5) is 5.82 Å². The van der Waals surface area contributed by atoms with Gasteiger partial charge in [0, 0.05) is 6.54 Å². The maximum absolute atomic E-state index is 12.1. The molecule has 1 saturated heterocycles. The first kappa shape index (κ1) is 26.8. The number of halogens is 1. The first-order valence-corrected chi connectivity index (χ1v) is 13.1. The van der Waals surface area contributed by atoms with Gasteiger partial charge < -0.3 is 30.9 Å². The van der Waals surface area contributed by atoms with Crippen molar-refractivity contribution in [3.05, 3.63) is 12.7 Å². The van der Waals surface area contributed by atoms with Crippen LogP contribution in [0.25, 0.3) is 11.2 Å². The Morgan fingerprint density at radius 3 is 2.71 bits per heavy atom. The van der Waals surface area contributed by atoms with E-state index in [4.69, 9.17) is 32.1 Å². The van der Waals surface area contributed by atoms with Crippen LogP contribution in [0.3, 0.4) is 0 Å². The molecule has 0 radical (unpaired) electrons. The van der Waals surface area contributed by atoms with Crippen molar-refractivity contribution >= 4 is 50.1 Å². The largest absolute Gasteiger partial charge is 0.480 e. The average Bonchev–Trinajstić information content (AvgIpc) is 3.31. The number of anilines is 1. The highest BCUT2D eigenvalue weighted by Crippen LogP contribution is 2.58. The number of rotatable bonds is 11. The minimum Gasteiger partial charge on any atom is -0.387 e. The summed E-state index contributed by atoms with van der Waals surface area (Å²) >= 11 is 5.28. The second kappa shape index (κ2) is 10.9. The number of amides is 1. The SMILES string of the molecule is Nc1ncnc2c1ncn2[C@@H]1O[C@H](COP(=O)(O)OP(N)(=O)OCCNC(=O)CCl)[C@@H](O)[C@H]1O. The van der Waals surface area contributed by atoms with E-state index in [2.05, 4.69) is 29.1 Å². The molecule has 2 aromatic rings. The van der Waals surface area contributed by atoms with Crippen LogP contribution in [0, 0.1) is 0 Å². The molecule has 8 N–H and O–H groups in total. The first-order valence-electron chi connectivity index (χ1n) is 9.43. The van der Waals surface area contributed by atoms with Crippen molar-refractivity contribution in [2.45, 2.75) is 24.5 Å². The van der Waals surface area contributed by atoms with Crippen molar-refractivity contribution in [3.8, 4) is 0 Å². The maximum atomic E-state index is 12.1. The molecule has 190 valence electrons. The summed E-state index contributed by atoms with van der Waals surface area (Å²) in [5, 5.41) is 23.0. The molecule has 3 heterocycles. The summed E-state index contributed by atoms with van der Waals surface area (Å²) in [5.41, 5.74) is 11.4. The van der Waals surface area contributed by atoms with E-state index in [0.717, 1.165) is 0 Å². The summed E-state index contributed by atoms with van der Waals surface area (Å²) in [4.78, 5) is 32.7. The molecule has 1 fully saturated rings. The molecular weight excluding hydrogens is 524 g/mol. The number of aliphatic hydroxyl groups is 2. The Morgan fingerprint density at radius 1 is 1.26 bits per heavy atom. The van der Waals surface area contributed by atoms with Gasteiger partial charge in [0.1, 0.15) is 36.0 Å². The van der Waals surface area contributed by atoms with E-state index in [1.54, 1.807) is 0 Å². The molecule has 2 unspecified atom stereocenters. The molecule has 0 bridgehead atoms. The number of nitrogens with zero attached hydrogens (tertiary/aromatic N) is 4. The number of hydrogen-bond acceptors (Lipinski definition) is 13. The summed E-state index contributed by atoms with van der Waals surface area (Å²) < 4.78 is 44.8. The molecular formula is C14H22ClN7O10P2. The normalized spacial score (nSPS) is 26.3. The lowest BCUT2D eigenvalue weighted by atomic mass is 10.1. The first-order chi connectivity index (χ1) is 15.9. The second-order valence-electron chi connectivity index (χ2n) is 6.83. The lowest BCUT2D eigenvalue weighted by Gasteiger charge is -2.20. The van der Waals surface area contributed by atoms with Gasteiger partial charge in [-0.25, -0.2) is 29.6 Å². The van der Waals surface area contributed by atoms with E-state index in [9.17, 15) is 29.0 Å². The highest BCUT2D eigenvalue weighted by Gasteiger charge is 2.46. The number of ether oxygens (including phenoxy) is 1. The van der Waals surface area contributed by atoms with Crippen molar-refractivity contribution < 1.29 is 47.1 Å². The Kier molecular flexibility index (Phi) is 8.60. The number of hydrogen-bond donors (Lipinski definition) is 6. The van der Waals surface area contributed by atoms with Crippen LogP contribution in [0.1, 0.15) is 6.23 Å². The molecule has 0 aliphatic carbocycles. The van der Waals surface area contributed by atoms with E-state index >= 15 is 0 Å². The highest BCUT2D eigenvalue weighted by molar-refractivity contribution is 7.63. The fourth-order valence-corrected chi connectivity index (χ4v) is 5.23. The molecule has 0 spiro atoms.